The number of aromatic amines is 2. The van der Waals surface area contributed by atoms with Gasteiger partial charge in [0.2, 0.25) is 65.0 Å². The number of nitrogens with two attached hydrogens (primary N) is 3. The molecule has 0 aliphatic heterocycles. The molecule has 0 unspecified atom stereocenters. The average Bonchev–Trinajstić information content (AvgIpc) is 1.76. The number of rotatable bonds is 47. The van der Waals surface area contributed by atoms with E-state index in [0.717, 1.165) is 0 Å². The average molecular weight is 1570 g/mol. The summed E-state index contributed by atoms with van der Waals surface area (Å²) in [5, 5.41) is 78.7. The van der Waals surface area contributed by atoms with Gasteiger partial charge in [-0.1, -0.05) is 105 Å². The maximum atomic E-state index is 15.1. The van der Waals surface area contributed by atoms with Gasteiger partial charge in [0, 0.05) is 62.1 Å². The Hall–Kier alpha value is -12.6. The van der Waals surface area contributed by atoms with E-state index in [0.29, 0.717) is 38.9 Å². The van der Waals surface area contributed by atoms with Gasteiger partial charge in [-0.25, -0.2) is 4.98 Å². The molecule has 4 aromatic carbocycles. The van der Waals surface area contributed by atoms with Gasteiger partial charge in [0.1, 0.15) is 66.7 Å². The van der Waals surface area contributed by atoms with Gasteiger partial charge < -0.3 is 112 Å². The summed E-state index contributed by atoms with van der Waals surface area (Å²) in [5.41, 5.74) is 20.3. The number of phenolic OH excluding ortho intramolecular Hbond substituents is 1. The van der Waals surface area contributed by atoms with Crippen molar-refractivity contribution in [3.05, 3.63) is 156 Å². The molecule has 0 saturated heterocycles. The van der Waals surface area contributed by atoms with Crippen LogP contribution in [0.2, 0.25) is 0 Å². The van der Waals surface area contributed by atoms with Gasteiger partial charge in [-0.15, -0.1) is 0 Å². The molecule has 38 heteroatoms. The third-order valence-electron chi connectivity index (χ3n) is 17.5. The number of hydrogen-bond donors (Lipinski definition) is 23. The Morgan fingerprint density at radius 1 is 0.473 bits per heavy atom. The minimum atomic E-state index is -2.00. The second-order valence-electron chi connectivity index (χ2n) is 26.6. The van der Waals surface area contributed by atoms with E-state index in [1.165, 1.54) is 36.4 Å². The van der Waals surface area contributed by atoms with Crippen LogP contribution in [0.1, 0.15) is 80.3 Å². The predicted molar refractivity (Wildman–Crippen MR) is 414 cm³/mol. The second-order valence-corrected chi connectivity index (χ2v) is 27.6. The predicted octanol–water partition coefficient (Wildman–Crippen LogP) is -2.47. The monoisotopic (exact) mass is 1570 g/mol. The minimum Gasteiger partial charge on any atom is -0.508 e. The molecule has 0 aliphatic rings. The van der Waals surface area contributed by atoms with Gasteiger partial charge in [-0.2, -0.15) is 11.8 Å². The number of amides is 11. The number of para-hydroxylation sites is 1. The number of guanidine groups is 2. The van der Waals surface area contributed by atoms with Gasteiger partial charge in [-0.3, -0.25) is 73.1 Å². The number of nitrogens with one attached hydrogen (secondary N) is 17. The molecule has 11 amide bonds. The number of H-pyrrole nitrogens is 2. The van der Waals surface area contributed by atoms with Crippen molar-refractivity contribution in [3.63, 3.8) is 0 Å². The number of hydrogen-bond acceptors (Lipinski definition) is 19. The summed E-state index contributed by atoms with van der Waals surface area (Å²) < 4.78 is 0. The number of carbonyl (C=O) groups excluding carboxylic acids is 11. The van der Waals surface area contributed by atoms with Crippen LogP contribution in [0.4, 0.5) is 0 Å². The number of phenols is 1. The van der Waals surface area contributed by atoms with Crippen LogP contribution in [0.3, 0.4) is 0 Å². The number of benzene rings is 4. The Kier molecular flexibility index (Phi) is 35.8. The van der Waals surface area contributed by atoms with Crippen molar-refractivity contribution in [1.82, 2.24) is 84.1 Å². The third kappa shape index (κ3) is 30.4. The van der Waals surface area contributed by atoms with Crippen LogP contribution in [0.15, 0.2) is 128 Å². The Balaban J connectivity index is 1.25. The van der Waals surface area contributed by atoms with Gasteiger partial charge in [0.15, 0.2) is 11.9 Å². The molecule has 37 nitrogen and oxygen atoms in total. The maximum absolute atomic E-state index is 15.1. The van der Waals surface area contributed by atoms with Crippen molar-refractivity contribution in [2.75, 3.05) is 38.2 Å². The van der Waals surface area contributed by atoms with E-state index in [-0.39, 0.29) is 88.7 Å². The van der Waals surface area contributed by atoms with Crippen LogP contribution in [0.5, 0.6) is 5.75 Å². The van der Waals surface area contributed by atoms with Crippen LogP contribution in [0, 0.1) is 16.7 Å². The van der Waals surface area contributed by atoms with E-state index in [1.807, 2.05) is 0 Å². The van der Waals surface area contributed by atoms with Crippen LogP contribution < -0.4 is 86.3 Å². The normalized spacial score (nSPS) is 13.7. The SMILES string of the molecule is CSCC[C@H](NC(=O)[C@@H](NC(=O)[C@@H](N)Cc1ccc(O)cc1)C(C)C)C(=O)NCC(=O)N[C@@H](Cc1c[nH]cn1)C(=O)N[C@@H](Cc1ccccc1)C(=O)N[C@H](CCCNC(=N)N)C(=O)N[C@@H](Cc1c[nH]c2ccccc12)C(=O)N[C@@H](CC(=O)O)C(=O)N[C@@H](CCCNC(=N)N)C(=O)N[C@@H](Cc1ccccc1)C(=O)NCC(=O)O. The first-order chi connectivity index (χ1) is 53.5. The van der Waals surface area contributed by atoms with Crippen molar-refractivity contribution in [2.24, 2.45) is 23.1 Å². The standard InChI is InChI=1S/C74H99N21O16S/c1-41(2)62(95-63(102)49(75)30-44-22-24-47(96)25-23-44)72(111)90-53(26-29-112-3)64(103)84-38-59(97)87-57(34-46-37-80-40-86-46)70(109)92-55(32-43-16-8-5-9-17-43)68(107)88-52(21-13-28-82-74(78)79)67(106)93-56(33-45-36-83-50-19-11-10-18-48(45)50)69(108)94-58(35-60(98)99)71(110)89-51(20-12-27-81-73(76)77)66(105)91-54(65(104)85-39-61(100)101)31-42-14-6-4-7-15-42/h4-11,14-19,22-25,36-37,40-41,49,51-58,62,83,96H,12-13,20-21,26-35,38-39,75H2,1-3H3,(H,80,86)(H,84,103)(H,85,104)(H,87,97)(H,88,107)(H,89,110)(H,90,111)(H,91,105)(H,92,109)(H,93,106)(H,94,108)(H,95,102)(H,98,99)(H,100,101)(H4,76,77,81)(H4,78,79,82)/t49-,51-,52+,53-,54-,55-,56-,57-,58-,62-/m0/s1. The first-order valence-electron chi connectivity index (χ1n) is 36.0. The van der Waals surface area contributed by atoms with Crippen molar-refractivity contribution >= 4 is 112 Å². The molecule has 2 aromatic heterocycles. The van der Waals surface area contributed by atoms with Crippen LogP contribution in [-0.4, -0.2) is 218 Å². The zero-order valence-corrected chi connectivity index (χ0v) is 62.8. The number of carboxylic acids is 2. The highest BCUT2D eigenvalue weighted by Crippen LogP contribution is 2.21. The molecule has 6 aromatic rings. The minimum absolute atomic E-state index is 0.0122. The summed E-state index contributed by atoms with van der Waals surface area (Å²) in [5.74, 6) is -14.2. The lowest BCUT2D eigenvalue weighted by Gasteiger charge is -2.28. The molecule has 10 atom stereocenters. The number of carbonyl (C=O) groups is 13. The van der Waals surface area contributed by atoms with E-state index >= 15 is 14.4 Å². The van der Waals surface area contributed by atoms with Gasteiger partial charge in [0.05, 0.1) is 31.0 Å². The summed E-state index contributed by atoms with van der Waals surface area (Å²) >= 11 is 1.37. The number of nitrogens with zero attached hydrogens (tertiary/aromatic N) is 1. The maximum Gasteiger partial charge on any atom is 0.322 e. The molecule has 0 spiro atoms. The molecule has 0 aliphatic carbocycles. The van der Waals surface area contributed by atoms with E-state index in [1.54, 1.807) is 123 Å². The van der Waals surface area contributed by atoms with E-state index in [4.69, 9.17) is 28.0 Å². The third-order valence-corrected chi connectivity index (χ3v) is 18.1. The summed E-state index contributed by atoms with van der Waals surface area (Å²) in [6.45, 7) is 1.78. The van der Waals surface area contributed by atoms with Crippen LogP contribution in [-0.2, 0) is 94.4 Å². The molecule has 6 rings (SSSR count). The number of aromatic hydroxyl groups is 1. The number of thioether (sulfide) groups is 1. The molecule has 602 valence electrons. The zero-order chi connectivity index (χ0) is 81.8. The Morgan fingerprint density at radius 2 is 0.929 bits per heavy atom. The fourth-order valence-corrected chi connectivity index (χ4v) is 12.1. The second kappa shape index (κ2) is 45.4. The summed E-state index contributed by atoms with van der Waals surface area (Å²) in [4.78, 5) is 192. The Morgan fingerprint density at radius 3 is 1.45 bits per heavy atom. The highest BCUT2D eigenvalue weighted by molar-refractivity contribution is 7.98. The lowest BCUT2D eigenvalue weighted by molar-refractivity contribution is -0.141. The summed E-state index contributed by atoms with van der Waals surface area (Å²) in [7, 11) is 0. The largest absolute Gasteiger partial charge is 0.508 e. The van der Waals surface area contributed by atoms with Gasteiger partial charge in [-0.05, 0) is 96.9 Å². The molecule has 0 fully saturated rings. The van der Waals surface area contributed by atoms with Crippen molar-refractivity contribution in [1.29, 1.82) is 10.8 Å². The zero-order valence-electron chi connectivity index (χ0n) is 62.0. The molecular weight excluding hydrogens is 1470 g/mol. The molecule has 112 heavy (non-hydrogen) atoms. The first-order valence-corrected chi connectivity index (χ1v) is 37.4. The van der Waals surface area contributed by atoms with Crippen molar-refractivity contribution in [2.45, 2.75) is 145 Å². The lowest BCUT2D eigenvalue weighted by Crippen LogP contribution is -2.61. The number of aromatic nitrogens is 3. The highest BCUT2D eigenvalue weighted by Gasteiger charge is 2.37. The molecule has 0 radical (unpaired) electrons. The fourth-order valence-electron chi connectivity index (χ4n) is 11.6. The molecule has 0 saturated carbocycles. The van der Waals surface area contributed by atoms with Crippen LogP contribution >= 0.6 is 11.8 Å². The number of imidazole rings is 1. The Labute approximate surface area is 649 Å². The van der Waals surface area contributed by atoms with Gasteiger partial charge >= 0.3 is 11.9 Å². The highest BCUT2D eigenvalue weighted by atomic mass is 32.2. The summed E-state index contributed by atoms with van der Waals surface area (Å²) in [6, 6.07) is 14.8. The topological polar surface area (TPSA) is 609 Å². The van der Waals surface area contributed by atoms with E-state index < -0.39 is 175 Å². The smallest absolute Gasteiger partial charge is 0.322 e. The quantitative estimate of drug-likeness (QED) is 0.0107. The van der Waals surface area contributed by atoms with E-state index in [2.05, 4.69) is 84.1 Å². The number of fused-ring (bicyclic) bond motifs is 1. The molecular formula is C74H99N21O16S. The molecule has 26 N–H and O–H groups in total. The first kappa shape index (κ1) is 88.3. The van der Waals surface area contributed by atoms with E-state index in [9.17, 15) is 63.3 Å². The lowest BCUT2D eigenvalue weighted by atomic mass is 10.0. The molecule has 0 bridgehead atoms. The number of carboxylic acid groups (broad SMARTS) is 2. The van der Waals surface area contributed by atoms with Crippen molar-refractivity contribution in [3.8, 4) is 5.75 Å². The Bertz CT molecular complexity index is 4190. The van der Waals surface area contributed by atoms with Crippen LogP contribution in [0.25, 0.3) is 10.9 Å². The van der Waals surface area contributed by atoms with Crippen molar-refractivity contribution < 1.29 is 77.6 Å². The van der Waals surface area contributed by atoms with Gasteiger partial charge in [0.25, 0.3) is 0 Å². The summed E-state index contributed by atoms with van der Waals surface area (Å²) in [6.07, 6.45) is 3.70. The molecule has 2 heterocycles. The fraction of sp³-hybridized carbons (Fsp3) is 0.405. The number of aliphatic carboxylic acids is 2.